The van der Waals surface area contributed by atoms with Crippen molar-refractivity contribution in [1.82, 2.24) is 15.5 Å². The number of amides is 2. The largest absolute Gasteiger partial charge is 0.356 e. The van der Waals surface area contributed by atoms with Crippen molar-refractivity contribution in [2.24, 2.45) is 4.99 Å². The second-order valence-electron chi connectivity index (χ2n) is 6.34. The summed E-state index contributed by atoms with van der Waals surface area (Å²) in [7, 11) is 1.73. The number of aliphatic imine (C=N–C) groups is 1. The first-order valence-electron chi connectivity index (χ1n) is 9.46. The lowest BCUT2D eigenvalue weighted by Gasteiger charge is -2.25. The molecule has 0 aliphatic carbocycles. The lowest BCUT2D eigenvalue weighted by atomic mass is 10.1. The van der Waals surface area contributed by atoms with Gasteiger partial charge < -0.3 is 10.6 Å². The van der Waals surface area contributed by atoms with Crippen molar-refractivity contribution in [3.8, 4) is 0 Å². The van der Waals surface area contributed by atoms with Crippen molar-refractivity contribution < 1.29 is 9.59 Å². The number of hydrogen-bond donors (Lipinski definition) is 2. The lowest BCUT2D eigenvalue weighted by molar-refractivity contribution is -0.147. The highest BCUT2D eigenvalue weighted by Gasteiger charge is 2.25. The van der Waals surface area contributed by atoms with Crippen molar-refractivity contribution in [2.75, 3.05) is 26.7 Å². The Kier molecular flexibility index (Phi) is 10.9. The molecule has 2 amide bonds. The third kappa shape index (κ3) is 8.31. The minimum atomic E-state index is -0.0564. The van der Waals surface area contributed by atoms with Crippen LogP contribution in [0.3, 0.4) is 0 Å². The molecule has 1 aliphatic rings. The van der Waals surface area contributed by atoms with Gasteiger partial charge in [0.05, 0.1) is 0 Å². The van der Waals surface area contributed by atoms with Crippen LogP contribution in [0.4, 0.5) is 0 Å². The maximum atomic E-state index is 11.7. The Morgan fingerprint density at radius 1 is 0.958 bits per heavy atom. The molecule has 0 saturated carbocycles. The van der Waals surface area contributed by atoms with E-state index in [1.807, 2.05) is 0 Å². The van der Waals surface area contributed by atoms with Gasteiger partial charge in [0.15, 0.2) is 5.96 Å². The SMILES string of the molecule is CCCCCCCCCNC(=NC)NCCN1C(=O)CCCC1=O. The van der Waals surface area contributed by atoms with Gasteiger partial charge in [0, 0.05) is 39.5 Å². The van der Waals surface area contributed by atoms with E-state index in [1.165, 1.54) is 43.4 Å². The van der Waals surface area contributed by atoms with Gasteiger partial charge in [-0.3, -0.25) is 19.5 Å². The zero-order chi connectivity index (χ0) is 17.6. The molecule has 1 saturated heterocycles. The molecule has 1 aliphatic heterocycles. The van der Waals surface area contributed by atoms with Gasteiger partial charge in [0.25, 0.3) is 0 Å². The molecule has 0 aromatic heterocycles. The van der Waals surface area contributed by atoms with E-state index in [4.69, 9.17) is 0 Å². The zero-order valence-corrected chi connectivity index (χ0v) is 15.4. The van der Waals surface area contributed by atoms with Gasteiger partial charge in [0.1, 0.15) is 0 Å². The summed E-state index contributed by atoms with van der Waals surface area (Å²) in [5.41, 5.74) is 0. The van der Waals surface area contributed by atoms with Crippen LogP contribution in [-0.4, -0.2) is 49.4 Å². The lowest BCUT2D eigenvalue weighted by Crippen LogP contribution is -2.46. The summed E-state index contributed by atoms with van der Waals surface area (Å²) in [4.78, 5) is 29.0. The van der Waals surface area contributed by atoms with E-state index in [9.17, 15) is 9.59 Å². The maximum absolute atomic E-state index is 11.7. The highest BCUT2D eigenvalue weighted by atomic mass is 16.2. The highest BCUT2D eigenvalue weighted by molar-refractivity contribution is 5.97. The first-order valence-corrected chi connectivity index (χ1v) is 9.46. The summed E-state index contributed by atoms with van der Waals surface area (Å²) < 4.78 is 0. The first kappa shape index (κ1) is 20.5. The molecule has 0 aromatic rings. The zero-order valence-electron chi connectivity index (χ0n) is 15.4. The second kappa shape index (κ2) is 12.8. The molecule has 0 unspecified atom stereocenters. The topological polar surface area (TPSA) is 73.8 Å². The number of guanidine groups is 1. The Bertz CT molecular complexity index is 394. The minimum Gasteiger partial charge on any atom is -0.356 e. The van der Waals surface area contributed by atoms with Crippen LogP contribution >= 0.6 is 0 Å². The van der Waals surface area contributed by atoms with Crippen LogP contribution in [0.2, 0.25) is 0 Å². The number of carbonyl (C=O) groups is 2. The summed E-state index contributed by atoms with van der Waals surface area (Å²) in [6, 6.07) is 0. The molecule has 0 aromatic carbocycles. The van der Waals surface area contributed by atoms with Gasteiger partial charge in [0.2, 0.25) is 11.8 Å². The number of imide groups is 1. The maximum Gasteiger partial charge on any atom is 0.229 e. The highest BCUT2D eigenvalue weighted by Crippen LogP contribution is 2.11. The Morgan fingerprint density at radius 2 is 1.54 bits per heavy atom. The molecule has 0 bridgehead atoms. The van der Waals surface area contributed by atoms with Gasteiger partial charge in [-0.1, -0.05) is 45.4 Å². The second-order valence-corrected chi connectivity index (χ2v) is 6.34. The van der Waals surface area contributed by atoms with E-state index in [2.05, 4.69) is 22.5 Å². The molecule has 0 spiro atoms. The molecule has 138 valence electrons. The Balaban J connectivity index is 2.08. The molecule has 1 heterocycles. The number of nitrogens with zero attached hydrogens (tertiary/aromatic N) is 2. The van der Waals surface area contributed by atoms with Gasteiger partial charge >= 0.3 is 0 Å². The number of rotatable bonds is 11. The van der Waals surface area contributed by atoms with Gasteiger partial charge in [-0.05, 0) is 12.8 Å². The molecule has 1 rings (SSSR count). The van der Waals surface area contributed by atoms with E-state index >= 15 is 0 Å². The predicted molar refractivity (Wildman–Crippen MR) is 97.9 cm³/mol. The van der Waals surface area contributed by atoms with Crippen molar-refractivity contribution in [3.05, 3.63) is 0 Å². The summed E-state index contributed by atoms with van der Waals surface area (Å²) in [6.45, 7) is 4.08. The number of hydrogen-bond acceptors (Lipinski definition) is 3. The van der Waals surface area contributed by atoms with E-state index in [0.717, 1.165) is 18.9 Å². The van der Waals surface area contributed by atoms with Gasteiger partial charge in [-0.2, -0.15) is 0 Å². The summed E-state index contributed by atoms with van der Waals surface area (Å²) >= 11 is 0. The van der Waals surface area contributed by atoms with Crippen molar-refractivity contribution in [3.63, 3.8) is 0 Å². The van der Waals surface area contributed by atoms with Crippen LogP contribution in [0.1, 0.15) is 71.1 Å². The summed E-state index contributed by atoms with van der Waals surface area (Å²) in [5.74, 6) is 0.621. The Hall–Kier alpha value is -1.59. The van der Waals surface area contributed by atoms with Crippen LogP contribution in [0, 0.1) is 0 Å². The van der Waals surface area contributed by atoms with Crippen LogP contribution in [0.15, 0.2) is 4.99 Å². The smallest absolute Gasteiger partial charge is 0.229 e. The molecule has 1 fully saturated rings. The Morgan fingerprint density at radius 3 is 2.17 bits per heavy atom. The fourth-order valence-corrected chi connectivity index (χ4v) is 2.84. The molecular formula is C18H34N4O2. The molecular weight excluding hydrogens is 304 g/mol. The summed E-state index contributed by atoms with van der Waals surface area (Å²) in [5, 5.41) is 6.45. The van der Waals surface area contributed by atoms with Gasteiger partial charge in [-0.15, -0.1) is 0 Å². The number of unbranched alkanes of at least 4 members (excludes halogenated alkanes) is 6. The molecule has 6 nitrogen and oxygen atoms in total. The summed E-state index contributed by atoms with van der Waals surface area (Å²) in [6.07, 6.45) is 10.6. The van der Waals surface area contributed by atoms with Crippen molar-refractivity contribution >= 4 is 17.8 Å². The van der Waals surface area contributed by atoms with Crippen LogP contribution in [-0.2, 0) is 9.59 Å². The Labute approximate surface area is 146 Å². The van der Waals surface area contributed by atoms with Gasteiger partial charge in [-0.25, -0.2) is 0 Å². The standard InChI is InChI=1S/C18H34N4O2/c1-3-4-5-6-7-8-9-13-20-18(19-2)21-14-15-22-16(23)11-10-12-17(22)24/h3-15H2,1-2H3,(H2,19,20,21). The normalized spacial score (nSPS) is 15.8. The van der Waals surface area contributed by atoms with E-state index in [-0.39, 0.29) is 11.8 Å². The fourth-order valence-electron chi connectivity index (χ4n) is 2.84. The third-order valence-electron chi connectivity index (χ3n) is 4.31. The number of likely N-dealkylation sites (tertiary alicyclic amines) is 1. The average molecular weight is 338 g/mol. The molecule has 6 heteroatoms. The van der Waals surface area contributed by atoms with Crippen LogP contribution in [0.25, 0.3) is 0 Å². The van der Waals surface area contributed by atoms with Crippen LogP contribution in [0.5, 0.6) is 0 Å². The number of piperidine rings is 1. The van der Waals surface area contributed by atoms with Crippen molar-refractivity contribution in [2.45, 2.75) is 71.1 Å². The number of carbonyl (C=O) groups excluding carboxylic acids is 2. The van der Waals surface area contributed by atoms with E-state index < -0.39 is 0 Å². The first-order chi connectivity index (χ1) is 11.7. The van der Waals surface area contributed by atoms with Crippen molar-refractivity contribution in [1.29, 1.82) is 0 Å². The van der Waals surface area contributed by atoms with Crippen LogP contribution < -0.4 is 10.6 Å². The average Bonchev–Trinajstić information content (AvgIpc) is 2.58. The molecule has 2 N–H and O–H groups in total. The predicted octanol–water partition coefficient (Wildman–Crippen LogP) is 2.44. The quantitative estimate of drug-likeness (QED) is 0.263. The minimum absolute atomic E-state index is 0.0564. The van der Waals surface area contributed by atoms with E-state index in [0.29, 0.717) is 32.4 Å². The van der Waals surface area contributed by atoms with E-state index in [1.54, 1.807) is 7.05 Å². The molecule has 24 heavy (non-hydrogen) atoms. The molecule has 0 radical (unpaired) electrons. The monoisotopic (exact) mass is 338 g/mol. The number of nitrogens with one attached hydrogen (secondary N) is 2. The molecule has 0 atom stereocenters. The fraction of sp³-hybridized carbons (Fsp3) is 0.833. The third-order valence-corrected chi connectivity index (χ3v) is 4.31.